The minimum Gasteiger partial charge on any atom is -0.493 e. The van der Waals surface area contributed by atoms with Gasteiger partial charge in [0.1, 0.15) is 0 Å². The highest BCUT2D eigenvalue weighted by atomic mass is 79.9. The fourth-order valence-corrected chi connectivity index (χ4v) is 2.15. The zero-order valence-corrected chi connectivity index (χ0v) is 12.0. The Labute approximate surface area is 117 Å². The van der Waals surface area contributed by atoms with Crippen molar-refractivity contribution >= 4 is 21.9 Å². The van der Waals surface area contributed by atoms with Crippen molar-refractivity contribution in [2.75, 3.05) is 14.2 Å². The van der Waals surface area contributed by atoms with Gasteiger partial charge in [0.05, 0.1) is 20.6 Å². The highest BCUT2D eigenvalue weighted by Crippen LogP contribution is 2.42. The van der Waals surface area contributed by atoms with Crippen LogP contribution in [0.4, 0.5) is 8.78 Å². The first kappa shape index (κ1) is 15.7. The first-order valence-electron chi connectivity index (χ1n) is 5.33. The number of carboxylic acids is 1. The van der Waals surface area contributed by atoms with E-state index in [-0.39, 0.29) is 15.8 Å². The molecule has 1 aromatic carbocycles. The summed E-state index contributed by atoms with van der Waals surface area (Å²) in [6.07, 6.45) is -1.40. The molecule has 0 heterocycles. The van der Waals surface area contributed by atoms with Gasteiger partial charge in [-0.2, -0.15) is 0 Å². The van der Waals surface area contributed by atoms with Crippen LogP contribution < -0.4 is 9.47 Å². The Hall–Kier alpha value is -1.37. The lowest BCUT2D eigenvalue weighted by molar-refractivity contribution is -0.139. The first-order chi connectivity index (χ1) is 8.81. The van der Waals surface area contributed by atoms with Gasteiger partial charge >= 0.3 is 5.97 Å². The third-order valence-corrected chi connectivity index (χ3v) is 3.18. The molecule has 19 heavy (non-hydrogen) atoms. The molecule has 0 bridgehead atoms. The van der Waals surface area contributed by atoms with Crippen LogP contribution in [0.1, 0.15) is 18.4 Å². The van der Waals surface area contributed by atoms with Crippen molar-refractivity contribution in [2.45, 2.75) is 18.8 Å². The van der Waals surface area contributed by atoms with E-state index in [1.54, 1.807) is 0 Å². The lowest BCUT2D eigenvalue weighted by Crippen LogP contribution is -2.16. The molecule has 0 amide bonds. The Morgan fingerprint density at radius 3 is 2.32 bits per heavy atom. The van der Waals surface area contributed by atoms with Gasteiger partial charge in [0.2, 0.25) is 0 Å². The van der Waals surface area contributed by atoms with E-state index >= 15 is 0 Å². The summed E-state index contributed by atoms with van der Waals surface area (Å²) < 4.78 is 38.0. The van der Waals surface area contributed by atoms with Crippen LogP contribution in [0.3, 0.4) is 0 Å². The number of alkyl halides is 2. The minimum absolute atomic E-state index is 0.139. The average molecular weight is 339 g/mol. The maximum absolute atomic E-state index is 13.9. The van der Waals surface area contributed by atoms with E-state index in [1.807, 2.05) is 0 Å². The number of hydrogen-bond donors (Lipinski definition) is 1. The Morgan fingerprint density at radius 2 is 1.84 bits per heavy atom. The van der Waals surface area contributed by atoms with Crippen molar-refractivity contribution in [3.8, 4) is 11.5 Å². The summed E-state index contributed by atoms with van der Waals surface area (Å²) in [6.45, 7) is 0. The zero-order valence-electron chi connectivity index (χ0n) is 10.4. The highest BCUT2D eigenvalue weighted by molar-refractivity contribution is 9.10. The molecule has 0 radical (unpaired) electrons. The number of methoxy groups -OCH3 is 2. The minimum atomic E-state index is -3.27. The number of carbonyl (C=O) groups is 1. The summed E-state index contributed by atoms with van der Waals surface area (Å²) in [7, 11) is 2.73. The van der Waals surface area contributed by atoms with Crippen LogP contribution in [0.25, 0.3) is 0 Å². The van der Waals surface area contributed by atoms with E-state index in [2.05, 4.69) is 15.9 Å². The lowest BCUT2D eigenvalue weighted by atomic mass is 10.0. The maximum Gasteiger partial charge on any atom is 0.303 e. The van der Waals surface area contributed by atoms with Gasteiger partial charge < -0.3 is 14.6 Å². The number of benzene rings is 1. The second-order valence-electron chi connectivity index (χ2n) is 3.79. The Balaban J connectivity index is 3.14. The summed E-state index contributed by atoms with van der Waals surface area (Å²) in [5.41, 5.74) is -0.327. The Morgan fingerprint density at radius 1 is 1.32 bits per heavy atom. The third kappa shape index (κ3) is 3.79. The smallest absolute Gasteiger partial charge is 0.303 e. The normalized spacial score (nSPS) is 11.2. The van der Waals surface area contributed by atoms with Crippen molar-refractivity contribution < 1.29 is 28.2 Å². The average Bonchev–Trinajstić information content (AvgIpc) is 2.35. The molecular formula is C12H13BrF2O4. The summed E-state index contributed by atoms with van der Waals surface area (Å²) in [5.74, 6) is -4.06. The highest BCUT2D eigenvalue weighted by Gasteiger charge is 2.35. The van der Waals surface area contributed by atoms with Gasteiger partial charge in [0.25, 0.3) is 5.92 Å². The fourth-order valence-electron chi connectivity index (χ4n) is 1.53. The molecule has 0 aromatic heterocycles. The number of halogens is 3. The topological polar surface area (TPSA) is 55.8 Å². The van der Waals surface area contributed by atoms with Crippen LogP contribution in [0.5, 0.6) is 11.5 Å². The molecule has 1 N–H and O–H groups in total. The molecule has 0 aliphatic rings. The molecule has 1 rings (SSSR count). The molecular weight excluding hydrogens is 326 g/mol. The molecule has 0 spiro atoms. The van der Waals surface area contributed by atoms with Gasteiger partial charge in [0, 0.05) is 16.5 Å². The van der Waals surface area contributed by atoms with Crippen molar-refractivity contribution in [3.05, 3.63) is 22.2 Å². The monoisotopic (exact) mass is 338 g/mol. The van der Waals surface area contributed by atoms with Crippen LogP contribution in [-0.2, 0) is 10.7 Å². The molecule has 0 aliphatic heterocycles. The van der Waals surface area contributed by atoms with Gasteiger partial charge in [-0.25, -0.2) is 8.78 Å². The van der Waals surface area contributed by atoms with Gasteiger partial charge in [-0.1, -0.05) is 15.9 Å². The largest absolute Gasteiger partial charge is 0.493 e. The molecule has 106 valence electrons. The molecule has 4 nitrogen and oxygen atoms in total. The second kappa shape index (κ2) is 6.18. The zero-order chi connectivity index (χ0) is 14.6. The second-order valence-corrected chi connectivity index (χ2v) is 4.64. The van der Waals surface area contributed by atoms with Gasteiger partial charge in [-0.15, -0.1) is 0 Å². The van der Waals surface area contributed by atoms with Gasteiger partial charge in [-0.05, 0) is 12.1 Å². The summed E-state index contributed by atoms with van der Waals surface area (Å²) in [6, 6.07) is 2.51. The standard InChI is InChI=1S/C12H13BrF2O4/c1-18-9-5-7(8(13)6-10(9)19-2)12(14,15)4-3-11(16)17/h5-6H,3-4H2,1-2H3,(H,16,17). The van der Waals surface area contributed by atoms with Crippen LogP contribution in [0, 0.1) is 0 Å². The number of ether oxygens (including phenoxy) is 2. The lowest BCUT2D eigenvalue weighted by Gasteiger charge is -2.19. The van der Waals surface area contributed by atoms with Crippen LogP contribution in [-0.4, -0.2) is 25.3 Å². The van der Waals surface area contributed by atoms with Crippen LogP contribution >= 0.6 is 15.9 Å². The van der Waals surface area contributed by atoms with Crippen molar-refractivity contribution in [3.63, 3.8) is 0 Å². The summed E-state index contributed by atoms with van der Waals surface area (Å²) in [5, 5.41) is 8.49. The van der Waals surface area contributed by atoms with Gasteiger partial charge in [-0.3, -0.25) is 4.79 Å². The van der Waals surface area contributed by atoms with E-state index in [4.69, 9.17) is 14.6 Å². The quantitative estimate of drug-likeness (QED) is 0.863. The Kier molecular flexibility index (Phi) is 5.11. The maximum atomic E-state index is 13.9. The van der Waals surface area contributed by atoms with Crippen LogP contribution in [0.15, 0.2) is 16.6 Å². The molecule has 0 saturated carbocycles. The van der Waals surface area contributed by atoms with E-state index in [1.165, 1.54) is 20.3 Å². The molecule has 0 aliphatic carbocycles. The van der Waals surface area contributed by atoms with Crippen molar-refractivity contribution in [2.24, 2.45) is 0 Å². The molecule has 7 heteroatoms. The molecule has 1 aromatic rings. The predicted octanol–water partition coefficient (Wildman–Crippen LogP) is 3.42. The van der Waals surface area contributed by atoms with E-state index in [9.17, 15) is 13.6 Å². The number of aliphatic carboxylic acids is 1. The van der Waals surface area contributed by atoms with Gasteiger partial charge in [0.15, 0.2) is 11.5 Å². The Bertz CT molecular complexity index is 477. The number of carboxylic acid groups (broad SMARTS) is 1. The first-order valence-corrected chi connectivity index (χ1v) is 6.12. The number of rotatable bonds is 6. The third-order valence-electron chi connectivity index (χ3n) is 2.52. The van der Waals surface area contributed by atoms with Crippen molar-refractivity contribution in [1.29, 1.82) is 0 Å². The van der Waals surface area contributed by atoms with E-state index in [0.717, 1.165) is 6.07 Å². The number of hydrogen-bond acceptors (Lipinski definition) is 3. The van der Waals surface area contributed by atoms with E-state index < -0.39 is 24.7 Å². The fraction of sp³-hybridized carbons (Fsp3) is 0.417. The summed E-state index contributed by atoms with van der Waals surface area (Å²) in [4.78, 5) is 10.4. The molecule has 0 fully saturated rings. The van der Waals surface area contributed by atoms with Crippen molar-refractivity contribution in [1.82, 2.24) is 0 Å². The molecule has 0 atom stereocenters. The summed E-state index contributed by atoms with van der Waals surface area (Å²) >= 11 is 3.03. The van der Waals surface area contributed by atoms with Crippen LogP contribution in [0.2, 0.25) is 0 Å². The molecule has 0 saturated heterocycles. The van der Waals surface area contributed by atoms with E-state index in [0.29, 0.717) is 5.75 Å². The molecule has 0 unspecified atom stereocenters. The SMILES string of the molecule is COc1cc(Br)c(C(F)(F)CCC(=O)O)cc1OC. The predicted molar refractivity (Wildman–Crippen MR) is 68.0 cm³/mol.